The van der Waals surface area contributed by atoms with Crippen LogP contribution in [0.2, 0.25) is 5.02 Å². The highest BCUT2D eigenvalue weighted by Crippen LogP contribution is 2.19. The van der Waals surface area contributed by atoms with Crippen LogP contribution < -0.4 is 10.7 Å². The molecule has 5 nitrogen and oxygen atoms in total. The molecule has 0 atom stereocenters. The normalized spacial score (nSPS) is 16.3. The van der Waals surface area contributed by atoms with Gasteiger partial charge in [0.2, 0.25) is 5.91 Å². The summed E-state index contributed by atoms with van der Waals surface area (Å²) in [5.74, 6) is -0.0862. The molecule has 1 aromatic rings. The van der Waals surface area contributed by atoms with E-state index in [4.69, 9.17) is 16.3 Å². The van der Waals surface area contributed by atoms with Gasteiger partial charge in [-0.25, -0.2) is 10.4 Å². The van der Waals surface area contributed by atoms with E-state index >= 15 is 0 Å². The van der Waals surface area contributed by atoms with Gasteiger partial charge in [0.05, 0.1) is 19.8 Å². The fraction of sp³-hybridized carbons (Fsp3) is 0.462. The zero-order valence-electron chi connectivity index (χ0n) is 10.9. The molecule has 0 saturated carbocycles. The SMILES string of the molecule is Cc1ccc(Cl)cc1NC(=O)CNN1CCOCC1. The van der Waals surface area contributed by atoms with Crippen molar-refractivity contribution in [3.63, 3.8) is 0 Å². The number of morpholine rings is 1. The van der Waals surface area contributed by atoms with Crippen molar-refractivity contribution in [3.8, 4) is 0 Å². The van der Waals surface area contributed by atoms with Crippen molar-refractivity contribution >= 4 is 23.2 Å². The molecule has 1 fully saturated rings. The molecule has 19 heavy (non-hydrogen) atoms. The Morgan fingerprint density at radius 1 is 1.42 bits per heavy atom. The van der Waals surface area contributed by atoms with Crippen LogP contribution in [0.1, 0.15) is 5.56 Å². The van der Waals surface area contributed by atoms with Crippen LogP contribution in [0.3, 0.4) is 0 Å². The van der Waals surface area contributed by atoms with E-state index in [0.717, 1.165) is 24.3 Å². The second-order valence-corrected chi connectivity index (χ2v) is 4.88. The van der Waals surface area contributed by atoms with Crippen LogP contribution >= 0.6 is 11.6 Å². The summed E-state index contributed by atoms with van der Waals surface area (Å²) in [6, 6.07) is 5.44. The molecule has 2 rings (SSSR count). The molecule has 0 aromatic heterocycles. The van der Waals surface area contributed by atoms with Gasteiger partial charge in [-0.3, -0.25) is 4.79 Å². The highest BCUT2D eigenvalue weighted by molar-refractivity contribution is 6.31. The molecule has 6 heteroatoms. The molecular weight excluding hydrogens is 266 g/mol. The van der Waals surface area contributed by atoms with Crippen LogP contribution in [0.4, 0.5) is 5.69 Å². The second-order valence-electron chi connectivity index (χ2n) is 4.44. The number of benzene rings is 1. The maximum atomic E-state index is 11.8. The van der Waals surface area contributed by atoms with E-state index in [1.54, 1.807) is 12.1 Å². The number of amides is 1. The Labute approximate surface area is 117 Å². The molecule has 1 heterocycles. The molecule has 1 amide bonds. The monoisotopic (exact) mass is 283 g/mol. The number of aryl methyl sites for hydroxylation is 1. The lowest BCUT2D eigenvalue weighted by molar-refractivity contribution is -0.116. The number of hydrogen-bond donors (Lipinski definition) is 2. The Morgan fingerprint density at radius 3 is 2.89 bits per heavy atom. The Morgan fingerprint density at radius 2 is 2.16 bits per heavy atom. The molecule has 1 saturated heterocycles. The van der Waals surface area contributed by atoms with E-state index in [1.165, 1.54) is 0 Å². The van der Waals surface area contributed by atoms with Crippen LogP contribution in [0.25, 0.3) is 0 Å². The smallest absolute Gasteiger partial charge is 0.239 e. The number of anilines is 1. The highest BCUT2D eigenvalue weighted by atomic mass is 35.5. The summed E-state index contributed by atoms with van der Waals surface area (Å²) in [6.07, 6.45) is 0. The van der Waals surface area contributed by atoms with Crippen molar-refractivity contribution < 1.29 is 9.53 Å². The summed E-state index contributed by atoms with van der Waals surface area (Å²) in [6.45, 7) is 5.16. The van der Waals surface area contributed by atoms with Crippen LogP contribution in [0.5, 0.6) is 0 Å². The third kappa shape index (κ3) is 4.47. The molecule has 104 valence electrons. The lowest BCUT2D eigenvalue weighted by Gasteiger charge is -2.26. The number of halogens is 1. The number of hydrogen-bond acceptors (Lipinski definition) is 4. The first-order valence-electron chi connectivity index (χ1n) is 6.27. The Balaban J connectivity index is 1.81. The van der Waals surface area contributed by atoms with Gasteiger partial charge in [0.1, 0.15) is 0 Å². The molecule has 0 aliphatic carbocycles. The third-order valence-corrected chi connectivity index (χ3v) is 3.18. The standard InChI is InChI=1S/C13H18ClN3O2/c1-10-2-3-11(14)8-12(10)16-13(18)9-15-17-4-6-19-7-5-17/h2-3,8,15H,4-7,9H2,1H3,(H,16,18). The Hall–Kier alpha value is -1.14. The molecule has 2 N–H and O–H groups in total. The predicted molar refractivity (Wildman–Crippen MR) is 75.2 cm³/mol. The van der Waals surface area contributed by atoms with Gasteiger partial charge in [0.15, 0.2) is 0 Å². The van der Waals surface area contributed by atoms with Crippen LogP contribution in [-0.2, 0) is 9.53 Å². The number of nitrogens with one attached hydrogen (secondary N) is 2. The minimum absolute atomic E-state index is 0.0862. The van der Waals surface area contributed by atoms with Crippen molar-refractivity contribution in [3.05, 3.63) is 28.8 Å². The zero-order chi connectivity index (χ0) is 13.7. The zero-order valence-corrected chi connectivity index (χ0v) is 11.7. The van der Waals surface area contributed by atoms with Gasteiger partial charge in [-0.05, 0) is 24.6 Å². The lowest BCUT2D eigenvalue weighted by Crippen LogP contribution is -2.48. The molecule has 1 aliphatic rings. The van der Waals surface area contributed by atoms with Crippen molar-refractivity contribution in [1.82, 2.24) is 10.4 Å². The van der Waals surface area contributed by atoms with E-state index in [0.29, 0.717) is 18.2 Å². The first-order valence-corrected chi connectivity index (χ1v) is 6.65. The van der Waals surface area contributed by atoms with E-state index in [9.17, 15) is 4.79 Å². The summed E-state index contributed by atoms with van der Waals surface area (Å²) in [7, 11) is 0. The summed E-state index contributed by atoms with van der Waals surface area (Å²) < 4.78 is 5.23. The molecule has 1 aromatic carbocycles. The minimum atomic E-state index is -0.0862. The number of nitrogens with zero attached hydrogens (tertiary/aromatic N) is 1. The van der Waals surface area contributed by atoms with Gasteiger partial charge in [-0.15, -0.1) is 0 Å². The molecule has 0 radical (unpaired) electrons. The van der Waals surface area contributed by atoms with Gasteiger partial charge < -0.3 is 10.1 Å². The topological polar surface area (TPSA) is 53.6 Å². The number of hydrazine groups is 1. The average Bonchev–Trinajstić information content (AvgIpc) is 2.42. The second kappa shape index (κ2) is 6.86. The van der Waals surface area contributed by atoms with Crippen LogP contribution in [0.15, 0.2) is 18.2 Å². The van der Waals surface area contributed by atoms with Crippen molar-refractivity contribution in [1.29, 1.82) is 0 Å². The molecule has 1 aliphatic heterocycles. The summed E-state index contributed by atoms with van der Waals surface area (Å²) >= 11 is 5.91. The first-order chi connectivity index (χ1) is 9.15. The van der Waals surface area contributed by atoms with Crippen molar-refractivity contribution in [2.45, 2.75) is 6.92 Å². The van der Waals surface area contributed by atoms with Crippen LogP contribution in [-0.4, -0.2) is 43.8 Å². The Bertz CT molecular complexity index is 448. The maximum Gasteiger partial charge on any atom is 0.239 e. The van der Waals surface area contributed by atoms with Gasteiger partial charge in [-0.1, -0.05) is 17.7 Å². The highest BCUT2D eigenvalue weighted by Gasteiger charge is 2.11. The predicted octanol–water partition coefficient (Wildman–Crippen LogP) is 1.42. The van der Waals surface area contributed by atoms with E-state index in [2.05, 4.69) is 10.7 Å². The average molecular weight is 284 g/mol. The lowest BCUT2D eigenvalue weighted by atomic mass is 10.2. The molecular formula is C13H18ClN3O2. The molecule has 0 bridgehead atoms. The number of carbonyl (C=O) groups is 1. The quantitative estimate of drug-likeness (QED) is 0.878. The fourth-order valence-corrected chi connectivity index (χ4v) is 2.00. The van der Waals surface area contributed by atoms with Crippen LogP contribution in [0, 0.1) is 6.92 Å². The summed E-state index contributed by atoms with van der Waals surface area (Å²) in [4.78, 5) is 11.8. The Kier molecular flexibility index (Phi) is 5.15. The largest absolute Gasteiger partial charge is 0.379 e. The summed E-state index contributed by atoms with van der Waals surface area (Å²) in [5, 5.41) is 5.45. The van der Waals surface area contributed by atoms with Gasteiger partial charge in [0, 0.05) is 23.8 Å². The number of rotatable bonds is 4. The number of carbonyl (C=O) groups excluding carboxylic acids is 1. The van der Waals surface area contributed by atoms with Gasteiger partial charge in [0.25, 0.3) is 0 Å². The van der Waals surface area contributed by atoms with E-state index in [1.807, 2.05) is 18.0 Å². The van der Waals surface area contributed by atoms with E-state index in [-0.39, 0.29) is 12.5 Å². The fourth-order valence-electron chi connectivity index (χ4n) is 1.83. The third-order valence-electron chi connectivity index (χ3n) is 2.95. The first kappa shape index (κ1) is 14.3. The molecule has 0 spiro atoms. The minimum Gasteiger partial charge on any atom is -0.379 e. The van der Waals surface area contributed by atoms with Gasteiger partial charge >= 0.3 is 0 Å². The van der Waals surface area contributed by atoms with Crippen molar-refractivity contribution in [2.24, 2.45) is 0 Å². The van der Waals surface area contributed by atoms with E-state index < -0.39 is 0 Å². The molecule has 0 unspecified atom stereocenters. The maximum absolute atomic E-state index is 11.8. The summed E-state index contributed by atoms with van der Waals surface area (Å²) in [5.41, 5.74) is 4.83. The number of ether oxygens (including phenoxy) is 1. The van der Waals surface area contributed by atoms with Gasteiger partial charge in [-0.2, -0.15) is 0 Å². The van der Waals surface area contributed by atoms with Crippen molar-refractivity contribution in [2.75, 3.05) is 38.2 Å².